The van der Waals surface area contributed by atoms with Gasteiger partial charge in [-0.05, 0) is 40.0 Å². The van der Waals surface area contributed by atoms with Crippen LogP contribution >= 0.6 is 0 Å². The first-order valence-electron chi connectivity index (χ1n) is 7.31. The molecule has 0 radical (unpaired) electrons. The minimum atomic E-state index is -0.490. The van der Waals surface area contributed by atoms with Crippen LogP contribution in [0.4, 0.5) is 4.79 Å². The molecule has 0 aromatic rings. The molecular weight excluding hydrogens is 258 g/mol. The highest BCUT2D eigenvalue weighted by molar-refractivity contribution is 5.78. The largest absolute Gasteiger partial charge is 0.444 e. The smallest absolute Gasteiger partial charge is 0.410 e. The van der Waals surface area contributed by atoms with E-state index >= 15 is 0 Å². The van der Waals surface area contributed by atoms with Crippen LogP contribution in [0.25, 0.3) is 0 Å². The van der Waals surface area contributed by atoms with Gasteiger partial charge in [-0.15, -0.1) is 0 Å². The third kappa shape index (κ3) is 3.62. The van der Waals surface area contributed by atoms with E-state index in [1.165, 1.54) is 0 Å². The van der Waals surface area contributed by atoms with Gasteiger partial charge in [0.25, 0.3) is 0 Å². The van der Waals surface area contributed by atoms with E-state index in [0.717, 1.165) is 19.3 Å². The normalized spacial score (nSPS) is 22.8. The number of ether oxygens (including phenoxy) is 1. The van der Waals surface area contributed by atoms with Gasteiger partial charge in [0.05, 0.1) is 12.6 Å². The van der Waals surface area contributed by atoms with Gasteiger partial charge in [-0.2, -0.15) is 0 Å². The molecule has 2 rings (SSSR count). The lowest BCUT2D eigenvalue weighted by molar-refractivity contribution is -0.128. The maximum Gasteiger partial charge on any atom is 0.410 e. The van der Waals surface area contributed by atoms with Gasteiger partial charge in [0.2, 0.25) is 5.91 Å². The van der Waals surface area contributed by atoms with E-state index in [-0.39, 0.29) is 30.6 Å². The quantitative estimate of drug-likeness (QED) is 0.836. The highest BCUT2D eigenvalue weighted by atomic mass is 16.6. The zero-order chi connectivity index (χ0) is 14.9. The van der Waals surface area contributed by atoms with Gasteiger partial charge in [0.1, 0.15) is 5.60 Å². The van der Waals surface area contributed by atoms with Gasteiger partial charge >= 0.3 is 6.09 Å². The van der Waals surface area contributed by atoms with Gasteiger partial charge in [-0.1, -0.05) is 0 Å². The Morgan fingerprint density at radius 3 is 2.40 bits per heavy atom. The molecule has 0 aromatic heterocycles. The molecule has 0 spiro atoms. The van der Waals surface area contributed by atoms with Crippen LogP contribution in [-0.4, -0.2) is 59.1 Å². The van der Waals surface area contributed by atoms with E-state index in [9.17, 15) is 9.59 Å². The van der Waals surface area contributed by atoms with Crippen LogP contribution in [0.3, 0.4) is 0 Å². The predicted molar refractivity (Wildman–Crippen MR) is 75.1 cm³/mol. The third-order valence-electron chi connectivity index (χ3n) is 3.63. The monoisotopic (exact) mass is 283 g/mol. The van der Waals surface area contributed by atoms with Gasteiger partial charge in [-0.3, -0.25) is 4.79 Å². The van der Waals surface area contributed by atoms with Crippen molar-refractivity contribution >= 4 is 12.0 Å². The molecule has 1 saturated heterocycles. The summed E-state index contributed by atoms with van der Waals surface area (Å²) in [6.07, 6.45) is 2.61. The summed E-state index contributed by atoms with van der Waals surface area (Å²) in [7, 11) is 0. The zero-order valence-electron chi connectivity index (χ0n) is 12.6. The maximum absolute atomic E-state index is 12.3. The standard InChI is InChI=1S/C14H25N3O3/c1-14(2,3)20-13(19)17(10-4-5-10)11-6-7-16(9-11)12(18)8-15/h10-11H,4-9,15H2,1-3H3. The molecule has 20 heavy (non-hydrogen) atoms. The molecule has 1 aliphatic carbocycles. The van der Waals surface area contributed by atoms with Crippen molar-refractivity contribution in [3.8, 4) is 0 Å². The Hall–Kier alpha value is -1.30. The van der Waals surface area contributed by atoms with Crippen LogP contribution in [0, 0.1) is 0 Å². The average Bonchev–Trinajstić information content (AvgIpc) is 3.03. The first-order valence-corrected chi connectivity index (χ1v) is 7.31. The Morgan fingerprint density at radius 2 is 1.90 bits per heavy atom. The Balaban J connectivity index is 2.00. The van der Waals surface area contributed by atoms with Crippen molar-refractivity contribution < 1.29 is 14.3 Å². The topological polar surface area (TPSA) is 75.9 Å². The minimum Gasteiger partial charge on any atom is -0.444 e. The van der Waals surface area contributed by atoms with Crippen LogP contribution in [-0.2, 0) is 9.53 Å². The molecule has 2 amide bonds. The van der Waals surface area contributed by atoms with E-state index in [1.807, 2.05) is 25.7 Å². The summed E-state index contributed by atoms with van der Waals surface area (Å²) in [6, 6.07) is 0.343. The van der Waals surface area contributed by atoms with Crippen molar-refractivity contribution in [2.45, 2.75) is 57.7 Å². The van der Waals surface area contributed by atoms with Gasteiger partial charge < -0.3 is 20.3 Å². The van der Waals surface area contributed by atoms with Crippen LogP contribution in [0.5, 0.6) is 0 Å². The molecule has 6 nitrogen and oxygen atoms in total. The number of nitrogens with zero attached hydrogens (tertiary/aromatic N) is 2. The van der Waals surface area contributed by atoms with E-state index in [4.69, 9.17) is 10.5 Å². The van der Waals surface area contributed by atoms with E-state index < -0.39 is 5.60 Å². The summed E-state index contributed by atoms with van der Waals surface area (Å²) in [5.41, 5.74) is 4.90. The summed E-state index contributed by atoms with van der Waals surface area (Å²) in [6.45, 7) is 6.89. The fraction of sp³-hybridized carbons (Fsp3) is 0.857. The molecule has 1 saturated carbocycles. The van der Waals surface area contributed by atoms with Crippen LogP contribution < -0.4 is 5.73 Å². The average molecular weight is 283 g/mol. The number of carbonyl (C=O) groups is 2. The molecule has 0 bridgehead atoms. The van der Waals surface area contributed by atoms with Crippen LogP contribution in [0.15, 0.2) is 0 Å². The molecule has 6 heteroatoms. The Morgan fingerprint density at radius 1 is 1.25 bits per heavy atom. The lowest BCUT2D eigenvalue weighted by Crippen LogP contribution is -2.46. The van der Waals surface area contributed by atoms with E-state index in [1.54, 1.807) is 4.90 Å². The molecule has 2 N–H and O–H groups in total. The van der Waals surface area contributed by atoms with Crippen molar-refractivity contribution in [1.29, 1.82) is 0 Å². The Bertz CT molecular complexity index is 388. The second-order valence-corrected chi connectivity index (χ2v) is 6.61. The van der Waals surface area contributed by atoms with Crippen LogP contribution in [0.1, 0.15) is 40.0 Å². The molecule has 0 aromatic carbocycles. The number of rotatable bonds is 3. The number of carbonyl (C=O) groups excluding carboxylic acids is 2. The number of hydrogen-bond acceptors (Lipinski definition) is 4. The fourth-order valence-electron chi connectivity index (χ4n) is 2.59. The van der Waals surface area contributed by atoms with Gasteiger partial charge in [-0.25, -0.2) is 4.79 Å². The van der Waals surface area contributed by atoms with Crippen molar-refractivity contribution in [2.75, 3.05) is 19.6 Å². The number of hydrogen-bond donors (Lipinski definition) is 1. The second-order valence-electron chi connectivity index (χ2n) is 6.61. The number of amides is 2. The summed E-state index contributed by atoms with van der Waals surface area (Å²) in [5.74, 6) is -0.0487. The van der Waals surface area contributed by atoms with Gasteiger partial charge in [0.15, 0.2) is 0 Å². The first kappa shape index (κ1) is 15.1. The molecule has 1 unspecified atom stereocenters. The predicted octanol–water partition coefficient (Wildman–Crippen LogP) is 0.946. The highest BCUT2D eigenvalue weighted by Gasteiger charge is 2.42. The Kier molecular flexibility index (Phi) is 4.22. The van der Waals surface area contributed by atoms with Crippen molar-refractivity contribution in [3.05, 3.63) is 0 Å². The molecule has 2 aliphatic rings. The van der Waals surface area contributed by atoms with Crippen molar-refractivity contribution in [1.82, 2.24) is 9.80 Å². The third-order valence-corrected chi connectivity index (χ3v) is 3.63. The second kappa shape index (κ2) is 5.60. The molecule has 1 heterocycles. The summed E-state index contributed by atoms with van der Waals surface area (Å²) < 4.78 is 5.49. The van der Waals surface area contributed by atoms with Crippen molar-refractivity contribution in [2.24, 2.45) is 5.73 Å². The SMILES string of the molecule is CC(C)(C)OC(=O)N(C1CC1)C1CCN(C(=O)CN)C1. The summed E-state index contributed by atoms with van der Waals surface area (Å²) in [4.78, 5) is 27.6. The number of nitrogens with two attached hydrogens (primary N) is 1. The highest BCUT2D eigenvalue weighted by Crippen LogP contribution is 2.32. The van der Waals surface area contributed by atoms with Crippen molar-refractivity contribution in [3.63, 3.8) is 0 Å². The minimum absolute atomic E-state index is 0.0303. The molecule has 1 aliphatic heterocycles. The lowest BCUT2D eigenvalue weighted by Gasteiger charge is -2.31. The zero-order valence-corrected chi connectivity index (χ0v) is 12.6. The van der Waals surface area contributed by atoms with Gasteiger partial charge in [0, 0.05) is 19.1 Å². The van der Waals surface area contributed by atoms with E-state index in [2.05, 4.69) is 0 Å². The molecule has 2 fully saturated rings. The first-order chi connectivity index (χ1) is 9.31. The Labute approximate surface area is 120 Å². The molecule has 1 atom stereocenters. The summed E-state index contributed by atoms with van der Waals surface area (Å²) >= 11 is 0. The van der Waals surface area contributed by atoms with E-state index in [0.29, 0.717) is 13.1 Å². The maximum atomic E-state index is 12.3. The lowest BCUT2D eigenvalue weighted by atomic mass is 10.2. The summed E-state index contributed by atoms with van der Waals surface area (Å²) in [5, 5.41) is 0. The van der Waals surface area contributed by atoms with Crippen LogP contribution in [0.2, 0.25) is 0 Å². The molecule has 114 valence electrons. The number of likely N-dealkylation sites (tertiary alicyclic amines) is 1. The fourth-order valence-corrected chi connectivity index (χ4v) is 2.59. The molecular formula is C14H25N3O3.